The molecule has 0 fully saturated rings. The second-order valence-corrected chi connectivity index (χ2v) is 5.83. The van der Waals surface area contributed by atoms with Gasteiger partial charge in [-0.05, 0) is 41.0 Å². The summed E-state index contributed by atoms with van der Waals surface area (Å²) in [6.07, 6.45) is 8.00. The molecule has 0 radical (unpaired) electrons. The van der Waals surface area contributed by atoms with E-state index in [1.54, 1.807) is 23.4 Å². The molecule has 1 amide bonds. The van der Waals surface area contributed by atoms with Crippen LogP contribution >= 0.6 is 0 Å². The van der Waals surface area contributed by atoms with Crippen LogP contribution in [-0.4, -0.2) is 28.9 Å². The van der Waals surface area contributed by atoms with E-state index >= 15 is 0 Å². The van der Waals surface area contributed by atoms with Crippen molar-refractivity contribution in [1.29, 1.82) is 5.26 Å². The summed E-state index contributed by atoms with van der Waals surface area (Å²) < 4.78 is 5.49. The Kier molecular flexibility index (Phi) is 5.43. The van der Waals surface area contributed by atoms with Gasteiger partial charge in [0, 0.05) is 38.0 Å². The Morgan fingerprint density at radius 2 is 2.32 bits per heavy atom. The number of carbonyl (C=O) groups is 1. The van der Waals surface area contributed by atoms with Crippen LogP contribution in [0.15, 0.2) is 48.8 Å². The Hall–Kier alpha value is -3.13. The monoisotopic (exact) mass is 333 g/mol. The van der Waals surface area contributed by atoms with E-state index in [1.807, 2.05) is 36.4 Å². The first-order valence-electron chi connectivity index (χ1n) is 8.25. The topological polar surface area (TPSA) is 66.2 Å². The summed E-state index contributed by atoms with van der Waals surface area (Å²) in [5, 5.41) is 8.83. The van der Waals surface area contributed by atoms with Crippen molar-refractivity contribution in [3.63, 3.8) is 0 Å². The fourth-order valence-corrected chi connectivity index (χ4v) is 2.75. The zero-order valence-corrected chi connectivity index (χ0v) is 13.9. The number of fused-ring (bicyclic) bond motifs is 1. The number of carbonyl (C=O) groups excluding carboxylic acids is 1. The highest BCUT2D eigenvalue weighted by atomic mass is 16.5. The van der Waals surface area contributed by atoms with E-state index in [1.165, 1.54) is 5.56 Å². The number of aromatic nitrogens is 1. The zero-order chi connectivity index (χ0) is 17.5. The van der Waals surface area contributed by atoms with Gasteiger partial charge >= 0.3 is 0 Å². The molecule has 25 heavy (non-hydrogen) atoms. The van der Waals surface area contributed by atoms with Crippen LogP contribution in [0.4, 0.5) is 0 Å². The molecule has 0 unspecified atom stereocenters. The van der Waals surface area contributed by atoms with Crippen LogP contribution in [0.25, 0.3) is 6.08 Å². The number of ether oxygens (including phenoxy) is 1. The molecule has 0 aliphatic carbocycles. The minimum Gasteiger partial charge on any atom is -0.493 e. The summed E-state index contributed by atoms with van der Waals surface area (Å²) in [6.45, 7) is 1.55. The Morgan fingerprint density at radius 1 is 1.40 bits per heavy atom. The van der Waals surface area contributed by atoms with Crippen molar-refractivity contribution >= 4 is 12.0 Å². The molecule has 126 valence electrons. The molecule has 1 aliphatic rings. The maximum Gasteiger partial charge on any atom is 0.246 e. The number of hydrogen-bond acceptors (Lipinski definition) is 4. The van der Waals surface area contributed by atoms with Crippen molar-refractivity contribution < 1.29 is 9.53 Å². The predicted octanol–water partition coefficient (Wildman–Crippen LogP) is 2.97. The van der Waals surface area contributed by atoms with Gasteiger partial charge in [0.15, 0.2) is 0 Å². The predicted molar refractivity (Wildman–Crippen MR) is 94.6 cm³/mol. The SMILES string of the molecule is N#CCCN(Cc1cccnc1)C(=O)/C=C/c1ccc2c(c1)CCO2. The van der Waals surface area contributed by atoms with Crippen LogP contribution in [0.5, 0.6) is 5.75 Å². The first kappa shape index (κ1) is 16.7. The van der Waals surface area contributed by atoms with E-state index in [0.717, 1.165) is 23.3 Å². The van der Waals surface area contributed by atoms with E-state index in [9.17, 15) is 4.79 Å². The second-order valence-electron chi connectivity index (χ2n) is 5.83. The Morgan fingerprint density at radius 3 is 3.12 bits per heavy atom. The van der Waals surface area contributed by atoms with E-state index in [-0.39, 0.29) is 5.91 Å². The molecule has 2 heterocycles. The standard InChI is InChI=1S/C20H19N3O2/c21-9-2-11-23(15-17-3-1-10-22-14-17)20(24)7-5-16-4-6-19-18(13-16)8-12-25-19/h1,3-7,10,13-14H,2,8,11-12,15H2/b7-5+. The Bertz CT molecular complexity index is 809. The number of nitriles is 1. The molecule has 0 atom stereocenters. The third-order valence-corrected chi connectivity index (χ3v) is 4.03. The molecular weight excluding hydrogens is 314 g/mol. The number of nitrogens with zero attached hydrogens (tertiary/aromatic N) is 3. The number of pyridine rings is 1. The quantitative estimate of drug-likeness (QED) is 0.762. The molecule has 0 bridgehead atoms. The molecule has 5 nitrogen and oxygen atoms in total. The van der Waals surface area contributed by atoms with E-state index in [0.29, 0.717) is 26.1 Å². The molecule has 3 rings (SSSR count). The molecule has 0 saturated carbocycles. The van der Waals surface area contributed by atoms with Gasteiger partial charge in [-0.25, -0.2) is 0 Å². The number of hydrogen-bond donors (Lipinski definition) is 0. The lowest BCUT2D eigenvalue weighted by atomic mass is 10.1. The highest BCUT2D eigenvalue weighted by Gasteiger charge is 2.13. The lowest BCUT2D eigenvalue weighted by Gasteiger charge is -2.19. The van der Waals surface area contributed by atoms with Gasteiger partial charge in [-0.3, -0.25) is 9.78 Å². The Balaban J connectivity index is 1.70. The van der Waals surface area contributed by atoms with Crippen LogP contribution in [-0.2, 0) is 17.8 Å². The Labute approximate surface area is 147 Å². The van der Waals surface area contributed by atoms with Crippen molar-refractivity contribution in [1.82, 2.24) is 9.88 Å². The third kappa shape index (κ3) is 4.45. The van der Waals surface area contributed by atoms with Gasteiger partial charge < -0.3 is 9.64 Å². The van der Waals surface area contributed by atoms with Gasteiger partial charge in [0.1, 0.15) is 5.75 Å². The fraction of sp³-hybridized carbons (Fsp3) is 0.250. The molecule has 5 heteroatoms. The van der Waals surface area contributed by atoms with Crippen molar-refractivity contribution in [3.05, 3.63) is 65.5 Å². The largest absolute Gasteiger partial charge is 0.493 e. The van der Waals surface area contributed by atoms with Crippen molar-refractivity contribution in [2.45, 2.75) is 19.4 Å². The van der Waals surface area contributed by atoms with Gasteiger partial charge in [0.2, 0.25) is 5.91 Å². The molecule has 0 N–H and O–H groups in total. The van der Waals surface area contributed by atoms with Crippen LogP contribution in [0.2, 0.25) is 0 Å². The number of rotatable bonds is 6. The molecule has 1 aliphatic heterocycles. The minimum absolute atomic E-state index is 0.115. The molecule has 2 aromatic rings. The summed E-state index contributed by atoms with van der Waals surface area (Å²) in [6, 6.07) is 11.8. The van der Waals surface area contributed by atoms with Crippen molar-refractivity contribution in [2.24, 2.45) is 0 Å². The fourth-order valence-electron chi connectivity index (χ4n) is 2.75. The van der Waals surface area contributed by atoms with Gasteiger partial charge in [-0.15, -0.1) is 0 Å². The zero-order valence-electron chi connectivity index (χ0n) is 13.9. The minimum atomic E-state index is -0.115. The third-order valence-electron chi connectivity index (χ3n) is 4.03. The van der Waals surface area contributed by atoms with Gasteiger partial charge in [0.05, 0.1) is 19.1 Å². The van der Waals surface area contributed by atoms with Gasteiger partial charge in [-0.2, -0.15) is 5.26 Å². The summed E-state index contributed by atoms with van der Waals surface area (Å²) in [5.41, 5.74) is 3.09. The van der Waals surface area contributed by atoms with E-state index in [2.05, 4.69) is 11.1 Å². The van der Waals surface area contributed by atoms with Crippen LogP contribution in [0, 0.1) is 11.3 Å². The van der Waals surface area contributed by atoms with Crippen LogP contribution in [0.3, 0.4) is 0 Å². The van der Waals surface area contributed by atoms with Crippen molar-refractivity contribution in [3.8, 4) is 11.8 Å². The molecule has 0 spiro atoms. The number of benzene rings is 1. The van der Waals surface area contributed by atoms with Crippen LogP contribution in [0.1, 0.15) is 23.1 Å². The lowest BCUT2D eigenvalue weighted by Crippen LogP contribution is -2.29. The maximum absolute atomic E-state index is 12.5. The van der Waals surface area contributed by atoms with E-state index in [4.69, 9.17) is 10.00 Å². The summed E-state index contributed by atoms with van der Waals surface area (Å²) in [7, 11) is 0. The summed E-state index contributed by atoms with van der Waals surface area (Å²) >= 11 is 0. The first-order chi connectivity index (χ1) is 12.3. The molecule has 1 aromatic heterocycles. The average Bonchev–Trinajstić information content (AvgIpc) is 3.11. The van der Waals surface area contributed by atoms with Gasteiger partial charge in [-0.1, -0.05) is 12.1 Å². The number of amides is 1. The van der Waals surface area contributed by atoms with Gasteiger partial charge in [0.25, 0.3) is 0 Å². The van der Waals surface area contributed by atoms with E-state index < -0.39 is 0 Å². The molecule has 0 saturated heterocycles. The summed E-state index contributed by atoms with van der Waals surface area (Å²) in [5.74, 6) is 0.812. The highest BCUT2D eigenvalue weighted by molar-refractivity contribution is 5.91. The highest BCUT2D eigenvalue weighted by Crippen LogP contribution is 2.26. The lowest BCUT2D eigenvalue weighted by molar-refractivity contribution is -0.126. The smallest absolute Gasteiger partial charge is 0.246 e. The first-order valence-corrected chi connectivity index (χ1v) is 8.25. The molecular formula is C20H19N3O2. The maximum atomic E-state index is 12.5. The van der Waals surface area contributed by atoms with Crippen LogP contribution < -0.4 is 4.74 Å². The van der Waals surface area contributed by atoms with Crippen molar-refractivity contribution in [2.75, 3.05) is 13.2 Å². The second kappa shape index (κ2) is 8.11. The summed E-state index contributed by atoms with van der Waals surface area (Å²) in [4.78, 5) is 18.3. The normalized spacial score (nSPS) is 12.4. The average molecular weight is 333 g/mol. The molecule has 1 aromatic carbocycles.